The van der Waals surface area contributed by atoms with E-state index in [4.69, 9.17) is 5.11 Å². The zero-order valence-electron chi connectivity index (χ0n) is 21.1. The van der Waals surface area contributed by atoms with Crippen molar-refractivity contribution in [3.05, 3.63) is 0 Å². The summed E-state index contributed by atoms with van der Waals surface area (Å²) in [5.74, 6) is -0.649. The molecule has 1 N–H and O–H groups in total. The van der Waals surface area contributed by atoms with Crippen LogP contribution in [-0.4, -0.2) is 11.1 Å². The van der Waals surface area contributed by atoms with Gasteiger partial charge in [0.25, 0.3) is 0 Å². The Kier molecular flexibility index (Phi) is 32.0. The topological polar surface area (TPSA) is 37.3 Å². The minimum Gasteiger partial charge on any atom is -0.481 e. The maximum atomic E-state index is 10.4. The van der Waals surface area contributed by atoms with E-state index in [1.54, 1.807) is 0 Å². The second-order valence-corrected chi connectivity index (χ2v) is 9.63. The fraction of sp³-hybridized carbons (Fsp3) is 0.964. The van der Waals surface area contributed by atoms with Gasteiger partial charge in [-0.3, -0.25) is 4.79 Å². The second-order valence-electron chi connectivity index (χ2n) is 9.63. The van der Waals surface area contributed by atoms with Gasteiger partial charge < -0.3 is 5.11 Å². The number of rotatable bonds is 26. The van der Waals surface area contributed by atoms with Crippen LogP contribution in [0.1, 0.15) is 174 Å². The van der Waals surface area contributed by atoms with Crippen LogP contribution in [0.2, 0.25) is 0 Å². The zero-order chi connectivity index (χ0) is 22.0. The van der Waals surface area contributed by atoms with Gasteiger partial charge in [0, 0.05) is 22.9 Å². The van der Waals surface area contributed by atoms with E-state index in [-0.39, 0.29) is 16.5 Å². The molecule has 0 radical (unpaired) electrons. The monoisotopic (exact) mass is 482 g/mol. The van der Waals surface area contributed by atoms with Crippen molar-refractivity contribution >= 4 is 5.97 Å². The Hall–Kier alpha value is -0.0365. The molecule has 0 aliphatic carbocycles. The molecule has 0 atom stereocenters. The summed E-state index contributed by atoms with van der Waals surface area (Å²) in [5, 5.41) is 8.60. The Morgan fingerprint density at radius 1 is 0.419 bits per heavy atom. The maximum Gasteiger partial charge on any atom is 0.303 e. The first-order chi connectivity index (χ1) is 14.8. The van der Waals surface area contributed by atoms with Gasteiger partial charge in [0.2, 0.25) is 0 Å². The van der Waals surface area contributed by atoms with Gasteiger partial charge in [0.15, 0.2) is 0 Å². The van der Waals surface area contributed by atoms with Crippen molar-refractivity contribution in [2.75, 3.05) is 0 Å². The molecular weight excluding hydrogens is 427 g/mol. The van der Waals surface area contributed by atoms with E-state index in [1.165, 1.54) is 148 Å². The van der Waals surface area contributed by atoms with Crippen LogP contribution in [0.5, 0.6) is 0 Å². The van der Waals surface area contributed by atoms with Crippen LogP contribution < -0.4 is 0 Å². The Morgan fingerprint density at radius 3 is 0.806 bits per heavy atom. The molecule has 0 unspecified atom stereocenters. The number of carboxylic acid groups (broad SMARTS) is 1. The molecule has 0 bridgehead atoms. The molecule has 190 valence electrons. The van der Waals surface area contributed by atoms with Crippen LogP contribution in [0.25, 0.3) is 0 Å². The van der Waals surface area contributed by atoms with Gasteiger partial charge in [-0.05, 0) is 6.42 Å². The summed E-state index contributed by atoms with van der Waals surface area (Å²) in [6.07, 6.45) is 35.0. The van der Waals surface area contributed by atoms with Crippen LogP contribution in [0, 0.1) is 0 Å². The van der Waals surface area contributed by atoms with Crippen molar-refractivity contribution in [3.63, 3.8) is 0 Å². The Morgan fingerprint density at radius 2 is 0.613 bits per heavy atom. The summed E-state index contributed by atoms with van der Waals surface area (Å²) >= 11 is 0. The van der Waals surface area contributed by atoms with Gasteiger partial charge in [-0.15, -0.1) is 0 Å². The van der Waals surface area contributed by atoms with E-state index in [9.17, 15) is 4.79 Å². The number of hydrogen-bond donors (Lipinski definition) is 1. The van der Waals surface area contributed by atoms with E-state index in [0.29, 0.717) is 6.42 Å². The van der Waals surface area contributed by atoms with Gasteiger partial charge >= 0.3 is 5.97 Å². The van der Waals surface area contributed by atoms with Crippen molar-refractivity contribution < 1.29 is 26.4 Å². The van der Waals surface area contributed by atoms with Crippen LogP contribution in [0.4, 0.5) is 0 Å². The molecule has 3 heteroatoms. The molecular formula is C28H56NiO2. The van der Waals surface area contributed by atoms with Crippen LogP contribution in [-0.2, 0) is 21.3 Å². The Balaban J connectivity index is 0. The smallest absolute Gasteiger partial charge is 0.303 e. The molecule has 0 aromatic carbocycles. The molecule has 0 spiro atoms. The van der Waals surface area contributed by atoms with E-state index in [0.717, 1.165) is 12.8 Å². The predicted molar refractivity (Wildman–Crippen MR) is 133 cm³/mol. The summed E-state index contributed by atoms with van der Waals surface area (Å²) in [5.41, 5.74) is 0. The van der Waals surface area contributed by atoms with Gasteiger partial charge in [0.1, 0.15) is 0 Å². The molecule has 0 fully saturated rings. The third-order valence-electron chi connectivity index (χ3n) is 6.49. The molecule has 0 rings (SSSR count). The Labute approximate surface area is 206 Å². The van der Waals surface area contributed by atoms with E-state index in [1.807, 2.05) is 0 Å². The molecule has 2 nitrogen and oxygen atoms in total. The van der Waals surface area contributed by atoms with Gasteiger partial charge in [-0.2, -0.15) is 0 Å². The average molecular weight is 483 g/mol. The van der Waals surface area contributed by atoms with Gasteiger partial charge in [0.05, 0.1) is 0 Å². The zero-order valence-corrected chi connectivity index (χ0v) is 22.0. The largest absolute Gasteiger partial charge is 0.481 e. The molecule has 0 amide bonds. The number of hydrogen-bond acceptors (Lipinski definition) is 1. The average Bonchev–Trinajstić information content (AvgIpc) is 2.73. The van der Waals surface area contributed by atoms with E-state index < -0.39 is 5.97 Å². The summed E-state index contributed by atoms with van der Waals surface area (Å²) in [4.78, 5) is 10.4. The molecule has 0 saturated carbocycles. The van der Waals surface area contributed by atoms with Crippen molar-refractivity contribution in [2.45, 2.75) is 174 Å². The first-order valence-corrected chi connectivity index (χ1v) is 14.0. The molecule has 0 aliphatic heterocycles. The van der Waals surface area contributed by atoms with Crippen molar-refractivity contribution in [2.24, 2.45) is 0 Å². The standard InChI is InChI=1S/C28H56O2.Ni/c1-2-3-4-5-6-7-8-9-10-11-12-13-14-15-16-17-18-19-20-21-22-23-24-25-26-27-28(29)30;/h2-27H2,1H3,(H,29,30);. The summed E-state index contributed by atoms with van der Waals surface area (Å²) in [6, 6.07) is 0. The molecule has 31 heavy (non-hydrogen) atoms. The second kappa shape index (κ2) is 30.0. The molecule has 0 saturated heterocycles. The van der Waals surface area contributed by atoms with E-state index >= 15 is 0 Å². The minimum absolute atomic E-state index is 0. The summed E-state index contributed by atoms with van der Waals surface area (Å²) in [6.45, 7) is 2.29. The summed E-state index contributed by atoms with van der Waals surface area (Å²) in [7, 11) is 0. The van der Waals surface area contributed by atoms with Crippen molar-refractivity contribution in [1.82, 2.24) is 0 Å². The molecule has 0 aromatic rings. The predicted octanol–water partition coefficient (Wildman–Crippen LogP) is 10.2. The Bertz CT molecular complexity index is 333. The third-order valence-corrected chi connectivity index (χ3v) is 6.49. The number of carboxylic acids is 1. The summed E-state index contributed by atoms with van der Waals surface area (Å²) < 4.78 is 0. The van der Waals surface area contributed by atoms with Crippen molar-refractivity contribution in [3.8, 4) is 0 Å². The quantitative estimate of drug-likeness (QED) is 0.0982. The minimum atomic E-state index is -0.649. The fourth-order valence-electron chi connectivity index (χ4n) is 4.42. The first kappa shape index (κ1) is 33.1. The maximum absolute atomic E-state index is 10.4. The number of carbonyl (C=O) groups is 1. The van der Waals surface area contributed by atoms with Gasteiger partial charge in [-0.25, -0.2) is 0 Å². The van der Waals surface area contributed by atoms with Crippen molar-refractivity contribution in [1.29, 1.82) is 0 Å². The molecule has 0 heterocycles. The normalized spacial score (nSPS) is 10.9. The van der Waals surface area contributed by atoms with Crippen LogP contribution in [0.3, 0.4) is 0 Å². The van der Waals surface area contributed by atoms with Crippen LogP contribution >= 0.6 is 0 Å². The molecule has 0 aliphatic rings. The number of aliphatic carboxylic acids is 1. The first-order valence-electron chi connectivity index (χ1n) is 14.0. The van der Waals surface area contributed by atoms with E-state index in [2.05, 4.69) is 6.92 Å². The molecule has 0 aromatic heterocycles. The van der Waals surface area contributed by atoms with Gasteiger partial charge in [-0.1, -0.05) is 161 Å². The fourth-order valence-corrected chi connectivity index (χ4v) is 4.42. The SMILES string of the molecule is CCCCCCCCCCCCCCCCCCCCCCCCCCCC(=O)O.[Ni]. The number of unbranched alkanes of at least 4 members (excludes halogenated alkanes) is 24. The third kappa shape index (κ3) is 32.2. The van der Waals surface area contributed by atoms with Crippen LogP contribution in [0.15, 0.2) is 0 Å².